The van der Waals surface area contributed by atoms with Crippen LogP contribution in [-0.2, 0) is 4.74 Å². The van der Waals surface area contributed by atoms with E-state index < -0.39 is 0 Å². The van der Waals surface area contributed by atoms with E-state index in [1.54, 1.807) is 24.3 Å². The van der Waals surface area contributed by atoms with Crippen molar-refractivity contribution in [3.63, 3.8) is 0 Å². The quantitative estimate of drug-likeness (QED) is 0.646. The molecule has 6 heteroatoms. The summed E-state index contributed by atoms with van der Waals surface area (Å²) in [5.74, 6) is -0.316. The average molecular weight is 372 g/mol. The van der Waals surface area contributed by atoms with Crippen LogP contribution >= 0.6 is 11.6 Å². The summed E-state index contributed by atoms with van der Waals surface area (Å²) in [4.78, 5) is 14.7. The SMILES string of the molecule is C/C(=N/NC(=O)c1ccccc1Cl)[C@@H](c1ccccc1)N1CCOCC1. The number of halogens is 1. The number of nitrogens with zero attached hydrogens (tertiary/aromatic N) is 2. The zero-order valence-corrected chi connectivity index (χ0v) is 15.4. The van der Waals surface area contributed by atoms with E-state index in [0.29, 0.717) is 23.8 Å². The van der Waals surface area contributed by atoms with Crippen LogP contribution in [0.1, 0.15) is 28.9 Å². The van der Waals surface area contributed by atoms with Crippen molar-refractivity contribution in [3.8, 4) is 0 Å². The first-order chi connectivity index (χ1) is 12.7. The lowest BCUT2D eigenvalue weighted by Crippen LogP contribution is -2.42. The molecule has 1 aliphatic rings. The molecule has 136 valence electrons. The number of amides is 1. The van der Waals surface area contributed by atoms with Gasteiger partial charge in [-0.25, -0.2) is 5.43 Å². The molecular formula is C20H22ClN3O2. The first-order valence-corrected chi connectivity index (χ1v) is 9.00. The molecule has 0 spiro atoms. The minimum atomic E-state index is -0.316. The van der Waals surface area contributed by atoms with Gasteiger partial charge in [0.15, 0.2) is 0 Å². The van der Waals surface area contributed by atoms with Crippen LogP contribution in [0.15, 0.2) is 59.7 Å². The molecule has 2 aromatic rings. The van der Waals surface area contributed by atoms with Crippen LogP contribution in [0.3, 0.4) is 0 Å². The summed E-state index contributed by atoms with van der Waals surface area (Å²) in [6, 6.07) is 17.1. The maximum Gasteiger partial charge on any atom is 0.272 e. The fourth-order valence-corrected chi connectivity index (χ4v) is 3.31. The molecule has 3 rings (SSSR count). The summed E-state index contributed by atoms with van der Waals surface area (Å²) < 4.78 is 5.47. The van der Waals surface area contributed by atoms with Gasteiger partial charge in [-0.3, -0.25) is 9.69 Å². The van der Waals surface area contributed by atoms with Crippen molar-refractivity contribution in [2.75, 3.05) is 26.3 Å². The number of carbonyl (C=O) groups excluding carboxylic acids is 1. The van der Waals surface area contributed by atoms with Gasteiger partial charge in [0.1, 0.15) is 0 Å². The molecule has 1 atom stereocenters. The summed E-state index contributed by atoms with van der Waals surface area (Å²) in [6.07, 6.45) is 0. The van der Waals surface area contributed by atoms with Crippen LogP contribution in [0.5, 0.6) is 0 Å². The van der Waals surface area contributed by atoms with Gasteiger partial charge < -0.3 is 4.74 Å². The molecule has 0 unspecified atom stereocenters. The second-order valence-electron chi connectivity index (χ2n) is 6.14. The lowest BCUT2D eigenvalue weighted by atomic mass is 10.0. The topological polar surface area (TPSA) is 53.9 Å². The molecule has 0 radical (unpaired) electrons. The summed E-state index contributed by atoms with van der Waals surface area (Å²) in [5, 5.41) is 4.78. The fraction of sp³-hybridized carbons (Fsp3) is 0.300. The van der Waals surface area contributed by atoms with Crippen molar-refractivity contribution in [2.24, 2.45) is 5.10 Å². The standard InChI is InChI=1S/C20H22ClN3O2/c1-15(22-23-20(25)17-9-5-6-10-18(17)21)19(16-7-3-2-4-8-16)24-11-13-26-14-12-24/h2-10,19H,11-14H2,1H3,(H,23,25)/b22-15-/t19-/m0/s1. The van der Waals surface area contributed by atoms with Crippen LogP contribution in [0.25, 0.3) is 0 Å². The van der Waals surface area contributed by atoms with Crippen LogP contribution in [0.2, 0.25) is 5.02 Å². The van der Waals surface area contributed by atoms with Crippen LogP contribution in [0.4, 0.5) is 0 Å². The highest BCUT2D eigenvalue weighted by Crippen LogP contribution is 2.23. The molecule has 0 aliphatic carbocycles. The molecule has 0 bridgehead atoms. The highest BCUT2D eigenvalue weighted by atomic mass is 35.5. The van der Waals surface area contributed by atoms with E-state index in [4.69, 9.17) is 16.3 Å². The van der Waals surface area contributed by atoms with Crippen molar-refractivity contribution in [1.82, 2.24) is 10.3 Å². The molecule has 1 heterocycles. The Balaban J connectivity index is 1.80. The third kappa shape index (κ3) is 4.49. The fourth-order valence-electron chi connectivity index (χ4n) is 3.09. The van der Waals surface area contributed by atoms with Crippen molar-refractivity contribution in [2.45, 2.75) is 13.0 Å². The highest BCUT2D eigenvalue weighted by molar-refractivity contribution is 6.33. The summed E-state index contributed by atoms with van der Waals surface area (Å²) in [6.45, 7) is 4.97. The van der Waals surface area contributed by atoms with Crippen LogP contribution in [0, 0.1) is 0 Å². The van der Waals surface area contributed by atoms with Gasteiger partial charge in [-0.2, -0.15) is 5.10 Å². The smallest absolute Gasteiger partial charge is 0.272 e. The van der Waals surface area contributed by atoms with E-state index in [0.717, 1.165) is 24.4 Å². The van der Waals surface area contributed by atoms with Crippen LogP contribution in [-0.4, -0.2) is 42.8 Å². The van der Waals surface area contributed by atoms with Crippen LogP contribution < -0.4 is 5.43 Å². The lowest BCUT2D eigenvalue weighted by Gasteiger charge is -2.34. The van der Waals surface area contributed by atoms with E-state index in [1.165, 1.54) is 0 Å². The molecule has 0 saturated carbocycles. The predicted octanol–water partition coefficient (Wildman–Crippen LogP) is 3.52. The van der Waals surface area contributed by atoms with E-state index in [2.05, 4.69) is 27.6 Å². The predicted molar refractivity (Wildman–Crippen MR) is 104 cm³/mol. The Bertz CT molecular complexity index is 774. The highest BCUT2D eigenvalue weighted by Gasteiger charge is 2.25. The monoisotopic (exact) mass is 371 g/mol. The number of carbonyl (C=O) groups is 1. The minimum Gasteiger partial charge on any atom is -0.379 e. The number of hydrogen-bond acceptors (Lipinski definition) is 4. The van der Waals surface area contributed by atoms with E-state index in [9.17, 15) is 4.79 Å². The zero-order chi connectivity index (χ0) is 18.4. The number of rotatable bonds is 5. The molecule has 1 fully saturated rings. The number of morpholine rings is 1. The number of hydrogen-bond donors (Lipinski definition) is 1. The number of ether oxygens (including phenoxy) is 1. The summed E-state index contributed by atoms with van der Waals surface area (Å²) in [7, 11) is 0. The van der Waals surface area contributed by atoms with Crippen molar-refractivity contribution in [3.05, 3.63) is 70.7 Å². The molecule has 1 amide bonds. The maximum atomic E-state index is 12.4. The second kappa shape index (κ2) is 8.94. The molecule has 5 nitrogen and oxygen atoms in total. The summed E-state index contributed by atoms with van der Waals surface area (Å²) in [5.41, 5.74) is 5.01. The Morgan fingerprint density at radius 3 is 2.46 bits per heavy atom. The Morgan fingerprint density at radius 2 is 1.77 bits per heavy atom. The van der Waals surface area contributed by atoms with Gasteiger partial charge in [0.25, 0.3) is 5.91 Å². The number of benzene rings is 2. The van der Waals surface area contributed by atoms with Gasteiger partial charge in [0.05, 0.1) is 35.6 Å². The maximum absolute atomic E-state index is 12.4. The Kier molecular flexibility index (Phi) is 6.39. The lowest BCUT2D eigenvalue weighted by molar-refractivity contribution is 0.0285. The third-order valence-corrected chi connectivity index (χ3v) is 4.70. The first-order valence-electron chi connectivity index (χ1n) is 8.62. The van der Waals surface area contributed by atoms with Crippen molar-refractivity contribution in [1.29, 1.82) is 0 Å². The molecule has 1 aliphatic heterocycles. The minimum absolute atomic E-state index is 0.00774. The average Bonchev–Trinajstić information content (AvgIpc) is 2.68. The molecule has 2 aromatic carbocycles. The third-order valence-electron chi connectivity index (χ3n) is 4.37. The molecule has 26 heavy (non-hydrogen) atoms. The Labute approximate surface area is 158 Å². The Morgan fingerprint density at radius 1 is 1.12 bits per heavy atom. The molecular weight excluding hydrogens is 350 g/mol. The molecule has 1 saturated heterocycles. The van der Waals surface area contributed by atoms with Gasteiger partial charge in [0, 0.05) is 13.1 Å². The van der Waals surface area contributed by atoms with Crippen molar-refractivity contribution >= 4 is 23.2 Å². The van der Waals surface area contributed by atoms with Gasteiger partial charge in [-0.1, -0.05) is 54.1 Å². The van der Waals surface area contributed by atoms with Gasteiger partial charge in [0.2, 0.25) is 0 Å². The van der Waals surface area contributed by atoms with Gasteiger partial charge >= 0.3 is 0 Å². The molecule has 0 aromatic heterocycles. The second-order valence-corrected chi connectivity index (χ2v) is 6.54. The number of hydrazone groups is 1. The molecule has 1 N–H and O–H groups in total. The largest absolute Gasteiger partial charge is 0.379 e. The normalized spacial score (nSPS) is 16.9. The van der Waals surface area contributed by atoms with E-state index >= 15 is 0 Å². The zero-order valence-electron chi connectivity index (χ0n) is 14.7. The Hall–Kier alpha value is -2.21. The van der Waals surface area contributed by atoms with E-state index in [-0.39, 0.29) is 11.9 Å². The van der Waals surface area contributed by atoms with Crippen molar-refractivity contribution < 1.29 is 9.53 Å². The van der Waals surface area contributed by atoms with E-state index in [1.807, 2.05) is 25.1 Å². The van der Waals surface area contributed by atoms with Gasteiger partial charge in [-0.05, 0) is 24.6 Å². The number of nitrogens with one attached hydrogen (secondary N) is 1. The summed E-state index contributed by atoms with van der Waals surface area (Å²) >= 11 is 6.08. The van der Waals surface area contributed by atoms with Gasteiger partial charge in [-0.15, -0.1) is 0 Å². The first kappa shape index (κ1) is 18.6.